The van der Waals surface area contributed by atoms with E-state index < -0.39 is 5.60 Å². The SMILES string of the molecule is COC1(CO)CCCN(C(=O)NCc2ccc(CC(N)=O)cc2)C1. The van der Waals surface area contributed by atoms with E-state index in [1.807, 2.05) is 24.3 Å². The Balaban J connectivity index is 1.87. The smallest absolute Gasteiger partial charge is 0.317 e. The van der Waals surface area contributed by atoms with Crippen molar-refractivity contribution < 1.29 is 19.4 Å². The van der Waals surface area contributed by atoms with Crippen molar-refractivity contribution in [3.05, 3.63) is 35.4 Å². The number of rotatable bonds is 6. The summed E-state index contributed by atoms with van der Waals surface area (Å²) in [5.74, 6) is -0.369. The second-order valence-electron chi connectivity index (χ2n) is 6.19. The van der Waals surface area contributed by atoms with Crippen LogP contribution in [0.15, 0.2) is 24.3 Å². The van der Waals surface area contributed by atoms with Gasteiger partial charge in [-0.1, -0.05) is 24.3 Å². The molecule has 4 N–H and O–H groups in total. The highest BCUT2D eigenvalue weighted by Crippen LogP contribution is 2.24. The minimum absolute atomic E-state index is 0.103. The van der Waals surface area contributed by atoms with Crippen molar-refractivity contribution in [2.75, 3.05) is 26.8 Å². The molecule has 132 valence electrons. The number of piperidine rings is 1. The van der Waals surface area contributed by atoms with Crippen LogP contribution in [0.25, 0.3) is 0 Å². The minimum Gasteiger partial charge on any atom is -0.393 e. The van der Waals surface area contributed by atoms with E-state index in [-0.39, 0.29) is 25.0 Å². The number of nitrogens with zero attached hydrogens (tertiary/aromatic N) is 1. The van der Waals surface area contributed by atoms with Gasteiger partial charge in [0.05, 0.1) is 19.6 Å². The molecule has 0 saturated carbocycles. The molecule has 0 radical (unpaired) electrons. The fraction of sp³-hybridized carbons (Fsp3) is 0.529. The fourth-order valence-corrected chi connectivity index (χ4v) is 2.90. The molecule has 1 aromatic rings. The third-order valence-corrected chi connectivity index (χ3v) is 4.39. The Kier molecular flexibility index (Phi) is 6.16. The molecule has 1 heterocycles. The topological polar surface area (TPSA) is 105 Å². The molecule has 2 rings (SSSR count). The predicted octanol–water partition coefficient (Wildman–Crippen LogP) is 0.397. The molecule has 1 aliphatic heterocycles. The molecule has 1 unspecified atom stereocenters. The van der Waals surface area contributed by atoms with Gasteiger partial charge in [0.15, 0.2) is 0 Å². The lowest BCUT2D eigenvalue weighted by atomic mass is 9.93. The molecule has 0 aliphatic carbocycles. The number of hydrogen-bond acceptors (Lipinski definition) is 4. The summed E-state index contributed by atoms with van der Waals surface area (Å²) >= 11 is 0. The predicted molar refractivity (Wildman–Crippen MR) is 89.2 cm³/mol. The van der Waals surface area contributed by atoms with Crippen LogP contribution in [0, 0.1) is 0 Å². The number of aliphatic hydroxyl groups is 1. The number of primary amides is 1. The van der Waals surface area contributed by atoms with E-state index in [2.05, 4.69) is 5.32 Å². The molecule has 1 fully saturated rings. The monoisotopic (exact) mass is 335 g/mol. The van der Waals surface area contributed by atoms with Gasteiger partial charge in [-0.3, -0.25) is 4.79 Å². The van der Waals surface area contributed by atoms with Gasteiger partial charge in [0.2, 0.25) is 5.91 Å². The van der Waals surface area contributed by atoms with Gasteiger partial charge in [0.25, 0.3) is 0 Å². The first-order chi connectivity index (χ1) is 11.5. The summed E-state index contributed by atoms with van der Waals surface area (Å²) < 4.78 is 5.41. The van der Waals surface area contributed by atoms with Crippen molar-refractivity contribution in [2.45, 2.75) is 31.4 Å². The van der Waals surface area contributed by atoms with E-state index >= 15 is 0 Å². The first kappa shape index (κ1) is 18.2. The number of amides is 3. The number of methoxy groups -OCH3 is 1. The Morgan fingerprint density at radius 2 is 2.00 bits per heavy atom. The Morgan fingerprint density at radius 1 is 1.33 bits per heavy atom. The van der Waals surface area contributed by atoms with Gasteiger partial charge >= 0.3 is 6.03 Å². The summed E-state index contributed by atoms with van der Waals surface area (Å²) in [5, 5.41) is 12.4. The number of hydrogen-bond donors (Lipinski definition) is 3. The molecule has 1 saturated heterocycles. The zero-order valence-corrected chi connectivity index (χ0v) is 14.0. The van der Waals surface area contributed by atoms with Crippen LogP contribution in [-0.4, -0.2) is 54.4 Å². The summed E-state index contributed by atoms with van der Waals surface area (Å²) in [5.41, 5.74) is 6.29. The van der Waals surface area contributed by atoms with Crippen molar-refractivity contribution in [1.29, 1.82) is 0 Å². The number of likely N-dealkylation sites (tertiary alicyclic amines) is 1. The highest BCUT2D eigenvalue weighted by atomic mass is 16.5. The van der Waals surface area contributed by atoms with E-state index in [0.717, 1.165) is 24.0 Å². The van der Waals surface area contributed by atoms with E-state index in [4.69, 9.17) is 10.5 Å². The second kappa shape index (κ2) is 8.12. The maximum atomic E-state index is 12.3. The molecular weight excluding hydrogens is 310 g/mol. The standard InChI is InChI=1S/C17H25N3O4/c1-24-17(12-21)7-2-8-20(11-17)16(23)19-10-14-5-3-13(4-6-14)9-15(18)22/h3-6,21H,2,7-12H2,1H3,(H2,18,22)(H,19,23). The Morgan fingerprint density at radius 3 is 2.58 bits per heavy atom. The number of carbonyl (C=O) groups excluding carboxylic acids is 2. The molecule has 7 heteroatoms. The van der Waals surface area contributed by atoms with Gasteiger partial charge in [0, 0.05) is 20.2 Å². The Hall–Kier alpha value is -2.12. The van der Waals surface area contributed by atoms with Crippen LogP contribution in [0.5, 0.6) is 0 Å². The Labute approximate surface area is 141 Å². The summed E-state index contributed by atoms with van der Waals surface area (Å²) in [6, 6.07) is 7.21. The third-order valence-electron chi connectivity index (χ3n) is 4.39. The van der Waals surface area contributed by atoms with Crippen LogP contribution in [0.4, 0.5) is 4.79 Å². The maximum absolute atomic E-state index is 12.3. The highest BCUT2D eigenvalue weighted by Gasteiger charge is 2.36. The van der Waals surface area contributed by atoms with Crippen LogP contribution in [0.1, 0.15) is 24.0 Å². The van der Waals surface area contributed by atoms with Gasteiger partial charge in [0.1, 0.15) is 5.60 Å². The molecule has 3 amide bonds. The molecule has 0 spiro atoms. The number of aliphatic hydroxyl groups excluding tert-OH is 1. The Bertz CT molecular complexity index is 570. The lowest BCUT2D eigenvalue weighted by Crippen LogP contribution is -2.55. The van der Waals surface area contributed by atoms with Crippen molar-refractivity contribution >= 4 is 11.9 Å². The van der Waals surface area contributed by atoms with Crippen molar-refractivity contribution in [2.24, 2.45) is 5.73 Å². The molecule has 1 aliphatic rings. The maximum Gasteiger partial charge on any atom is 0.317 e. The van der Waals surface area contributed by atoms with Crippen molar-refractivity contribution in [1.82, 2.24) is 10.2 Å². The molecule has 0 aromatic heterocycles. The van der Waals surface area contributed by atoms with E-state index in [9.17, 15) is 14.7 Å². The average molecular weight is 335 g/mol. The van der Waals surface area contributed by atoms with Crippen LogP contribution in [0.3, 0.4) is 0 Å². The first-order valence-electron chi connectivity index (χ1n) is 8.03. The minimum atomic E-state index is -0.661. The number of nitrogens with one attached hydrogen (secondary N) is 1. The summed E-state index contributed by atoms with van der Waals surface area (Å²) in [6.07, 6.45) is 1.75. The van der Waals surface area contributed by atoms with Crippen LogP contribution in [-0.2, 0) is 22.5 Å². The van der Waals surface area contributed by atoms with E-state index in [1.54, 1.807) is 12.0 Å². The number of ether oxygens (including phenoxy) is 1. The fourth-order valence-electron chi connectivity index (χ4n) is 2.90. The highest BCUT2D eigenvalue weighted by molar-refractivity contribution is 5.76. The number of benzene rings is 1. The van der Waals surface area contributed by atoms with Crippen LogP contribution >= 0.6 is 0 Å². The number of nitrogens with two attached hydrogens (primary N) is 1. The largest absolute Gasteiger partial charge is 0.393 e. The zero-order chi connectivity index (χ0) is 17.6. The molecule has 1 atom stereocenters. The summed E-state index contributed by atoms with van der Waals surface area (Å²) in [7, 11) is 1.56. The molecule has 24 heavy (non-hydrogen) atoms. The second-order valence-corrected chi connectivity index (χ2v) is 6.19. The van der Waals surface area contributed by atoms with Crippen molar-refractivity contribution in [3.8, 4) is 0 Å². The van der Waals surface area contributed by atoms with Gasteiger partial charge in [-0.2, -0.15) is 0 Å². The molecular formula is C17H25N3O4. The summed E-state index contributed by atoms with van der Waals surface area (Å²) in [6.45, 7) is 1.32. The van der Waals surface area contributed by atoms with Gasteiger partial charge in [-0.15, -0.1) is 0 Å². The quantitative estimate of drug-likeness (QED) is 0.700. The number of carbonyl (C=O) groups is 2. The average Bonchev–Trinajstić information content (AvgIpc) is 2.60. The molecule has 7 nitrogen and oxygen atoms in total. The van der Waals surface area contributed by atoms with Gasteiger partial charge in [-0.05, 0) is 24.0 Å². The van der Waals surface area contributed by atoms with Crippen LogP contribution in [0.2, 0.25) is 0 Å². The number of urea groups is 1. The molecule has 0 bridgehead atoms. The zero-order valence-electron chi connectivity index (χ0n) is 14.0. The third kappa shape index (κ3) is 4.69. The normalized spacial score (nSPS) is 20.7. The lowest BCUT2D eigenvalue weighted by molar-refractivity contribution is -0.117. The summed E-state index contributed by atoms with van der Waals surface area (Å²) in [4.78, 5) is 24.9. The molecule has 1 aromatic carbocycles. The van der Waals surface area contributed by atoms with Gasteiger partial charge in [-0.25, -0.2) is 4.79 Å². The van der Waals surface area contributed by atoms with Gasteiger partial charge < -0.3 is 25.8 Å². The van der Waals surface area contributed by atoms with E-state index in [0.29, 0.717) is 19.6 Å². The van der Waals surface area contributed by atoms with Crippen LogP contribution < -0.4 is 11.1 Å². The van der Waals surface area contributed by atoms with Crippen molar-refractivity contribution in [3.63, 3.8) is 0 Å². The first-order valence-corrected chi connectivity index (χ1v) is 8.03. The lowest BCUT2D eigenvalue weighted by Gasteiger charge is -2.40. The van der Waals surface area contributed by atoms with E-state index in [1.165, 1.54) is 0 Å².